The molecule has 0 amide bonds. The average molecular weight is 535 g/mol. The van der Waals surface area contributed by atoms with E-state index in [0.717, 1.165) is 0 Å². The minimum absolute atomic E-state index is 0.00704. The van der Waals surface area contributed by atoms with Crippen LogP contribution in [0.15, 0.2) is 24.3 Å². The molecule has 0 radical (unpaired) electrons. The standard InChI is InChI=1S/C26H30O12/c1-17(27)33-15-23-21(35-19(3)29)9-11-25(37-23)31-13-7-5-6-8-14-32-26-12-10-22(36-20(4)30)24(38-26)16-34-18(2)28/h9-12,21-26H,13-16H2,1-4H3/t21-,22-,23+,24+,25-,26-/m0/s1. The molecule has 0 saturated heterocycles. The lowest BCUT2D eigenvalue weighted by molar-refractivity contribution is -0.194. The average Bonchev–Trinajstić information content (AvgIpc) is 2.84. The van der Waals surface area contributed by atoms with Gasteiger partial charge in [0.25, 0.3) is 0 Å². The summed E-state index contributed by atoms with van der Waals surface area (Å²) in [6.07, 6.45) is 1.90. The van der Waals surface area contributed by atoms with Gasteiger partial charge in [0.05, 0.1) is 0 Å². The van der Waals surface area contributed by atoms with E-state index in [2.05, 4.69) is 23.7 Å². The summed E-state index contributed by atoms with van der Waals surface area (Å²) >= 11 is 0. The molecule has 0 saturated carbocycles. The SMILES string of the molecule is CC(=O)OC[C@H]1O[C@H](OCC#CC#CCO[C@@H]2C=C[C@H](OC(C)=O)[C@@H](COC(C)=O)O2)C=C[C@@H]1OC(C)=O. The van der Waals surface area contributed by atoms with Gasteiger partial charge in [-0.1, -0.05) is 11.8 Å². The largest absolute Gasteiger partial charge is 0.463 e. The van der Waals surface area contributed by atoms with Crippen molar-refractivity contribution in [3.8, 4) is 23.7 Å². The van der Waals surface area contributed by atoms with E-state index >= 15 is 0 Å². The van der Waals surface area contributed by atoms with E-state index in [4.69, 9.17) is 37.9 Å². The fourth-order valence-corrected chi connectivity index (χ4v) is 3.12. The second-order valence-corrected chi connectivity index (χ2v) is 7.83. The smallest absolute Gasteiger partial charge is 0.303 e. The molecule has 2 rings (SSSR count). The molecule has 0 aromatic rings. The summed E-state index contributed by atoms with van der Waals surface area (Å²) in [4.78, 5) is 44.7. The number of carbonyl (C=O) groups is 4. The third-order valence-corrected chi connectivity index (χ3v) is 4.65. The highest BCUT2D eigenvalue weighted by molar-refractivity contribution is 5.67. The summed E-state index contributed by atoms with van der Waals surface area (Å²) in [6, 6.07) is 0. The molecule has 0 N–H and O–H groups in total. The highest BCUT2D eigenvalue weighted by Gasteiger charge is 2.32. The van der Waals surface area contributed by atoms with Crippen molar-refractivity contribution in [2.24, 2.45) is 0 Å². The molecule has 0 unspecified atom stereocenters. The van der Waals surface area contributed by atoms with Crippen LogP contribution in [0, 0.1) is 23.7 Å². The Morgan fingerprint density at radius 1 is 0.632 bits per heavy atom. The molecular weight excluding hydrogens is 504 g/mol. The van der Waals surface area contributed by atoms with Gasteiger partial charge >= 0.3 is 23.9 Å². The Hall–Kier alpha value is -3.68. The molecule has 206 valence electrons. The monoisotopic (exact) mass is 534 g/mol. The molecule has 0 fully saturated rings. The van der Waals surface area contributed by atoms with Gasteiger partial charge in [0.15, 0.2) is 12.6 Å². The zero-order valence-electron chi connectivity index (χ0n) is 21.5. The Bertz CT molecular complexity index is 942. The van der Waals surface area contributed by atoms with E-state index in [1.165, 1.54) is 27.7 Å². The Morgan fingerprint density at radius 3 is 1.37 bits per heavy atom. The van der Waals surface area contributed by atoms with E-state index in [9.17, 15) is 19.2 Å². The number of hydrogen-bond donors (Lipinski definition) is 0. The van der Waals surface area contributed by atoms with Crippen molar-refractivity contribution in [2.45, 2.75) is 64.7 Å². The summed E-state index contributed by atoms with van der Waals surface area (Å²) in [5.74, 6) is 8.66. The summed E-state index contributed by atoms with van der Waals surface area (Å²) in [5, 5.41) is 0. The van der Waals surface area contributed by atoms with Crippen LogP contribution in [-0.4, -0.2) is 87.3 Å². The third-order valence-electron chi connectivity index (χ3n) is 4.65. The van der Waals surface area contributed by atoms with Crippen molar-refractivity contribution in [1.82, 2.24) is 0 Å². The van der Waals surface area contributed by atoms with Gasteiger partial charge < -0.3 is 37.9 Å². The topological polar surface area (TPSA) is 142 Å². The van der Waals surface area contributed by atoms with Crippen molar-refractivity contribution in [1.29, 1.82) is 0 Å². The number of carbonyl (C=O) groups excluding carboxylic acids is 4. The molecule has 0 aromatic heterocycles. The quantitative estimate of drug-likeness (QED) is 0.167. The van der Waals surface area contributed by atoms with Crippen LogP contribution in [0.25, 0.3) is 0 Å². The Morgan fingerprint density at radius 2 is 1.03 bits per heavy atom. The van der Waals surface area contributed by atoms with Crippen LogP contribution in [-0.2, 0) is 57.1 Å². The number of rotatable bonds is 10. The molecule has 6 atom stereocenters. The first-order valence-electron chi connectivity index (χ1n) is 11.6. The van der Waals surface area contributed by atoms with Gasteiger partial charge in [-0.3, -0.25) is 19.2 Å². The van der Waals surface area contributed by atoms with E-state index in [0.29, 0.717) is 0 Å². The maximum Gasteiger partial charge on any atom is 0.303 e. The number of hydrogen-bond acceptors (Lipinski definition) is 12. The van der Waals surface area contributed by atoms with E-state index < -0.39 is 60.9 Å². The van der Waals surface area contributed by atoms with Gasteiger partial charge in [-0.05, 0) is 36.1 Å². The zero-order chi connectivity index (χ0) is 27.9. The van der Waals surface area contributed by atoms with Crippen molar-refractivity contribution in [2.75, 3.05) is 26.4 Å². The van der Waals surface area contributed by atoms with Crippen LogP contribution < -0.4 is 0 Å². The van der Waals surface area contributed by atoms with Crippen LogP contribution >= 0.6 is 0 Å². The maximum absolute atomic E-state index is 11.3. The van der Waals surface area contributed by atoms with Crippen molar-refractivity contribution < 1.29 is 57.1 Å². The number of ether oxygens (including phenoxy) is 8. The van der Waals surface area contributed by atoms with Crippen molar-refractivity contribution >= 4 is 23.9 Å². The predicted molar refractivity (Wildman–Crippen MR) is 127 cm³/mol. The lowest BCUT2D eigenvalue weighted by Gasteiger charge is -2.30. The molecule has 0 spiro atoms. The normalized spacial score (nSPS) is 25.6. The molecule has 0 aliphatic carbocycles. The molecule has 0 bridgehead atoms. The molecule has 38 heavy (non-hydrogen) atoms. The van der Waals surface area contributed by atoms with Gasteiger partial charge in [-0.15, -0.1) is 0 Å². The van der Waals surface area contributed by atoms with E-state index in [1.807, 2.05) is 0 Å². The second kappa shape index (κ2) is 16.2. The fourth-order valence-electron chi connectivity index (χ4n) is 3.12. The fraction of sp³-hybridized carbons (Fsp3) is 0.538. The molecule has 12 nitrogen and oxygen atoms in total. The van der Waals surface area contributed by atoms with Crippen LogP contribution in [0.1, 0.15) is 27.7 Å². The molecule has 0 aromatic carbocycles. The minimum Gasteiger partial charge on any atom is -0.463 e. The lowest BCUT2D eigenvalue weighted by atomic mass is 10.1. The van der Waals surface area contributed by atoms with Gasteiger partial charge in [0.1, 0.15) is 50.8 Å². The molecule has 2 aliphatic heterocycles. The summed E-state index contributed by atoms with van der Waals surface area (Å²) in [5.41, 5.74) is 0. The van der Waals surface area contributed by atoms with Gasteiger partial charge in [-0.2, -0.15) is 0 Å². The summed E-state index contributed by atoms with van der Waals surface area (Å²) in [6.45, 7) is 4.83. The highest BCUT2D eigenvalue weighted by atomic mass is 16.7. The van der Waals surface area contributed by atoms with Crippen molar-refractivity contribution in [3.63, 3.8) is 0 Å². The van der Waals surface area contributed by atoms with Gasteiger partial charge in [0.2, 0.25) is 0 Å². The summed E-state index contributed by atoms with van der Waals surface area (Å²) in [7, 11) is 0. The zero-order valence-corrected chi connectivity index (χ0v) is 21.5. The van der Waals surface area contributed by atoms with Gasteiger partial charge in [0, 0.05) is 27.7 Å². The molecule has 2 heterocycles. The highest BCUT2D eigenvalue weighted by Crippen LogP contribution is 2.19. The van der Waals surface area contributed by atoms with Crippen LogP contribution in [0.5, 0.6) is 0 Å². The van der Waals surface area contributed by atoms with Crippen LogP contribution in [0.3, 0.4) is 0 Å². The molecule has 12 heteroatoms. The molecular formula is C26H30O12. The Balaban J connectivity index is 1.77. The van der Waals surface area contributed by atoms with Crippen LogP contribution in [0.2, 0.25) is 0 Å². The van der Waals surface area contributed by atoms with Crippen LogP contribution in [0.4, 0.5) is 0 Å². The van der Waals surface area contributed by atoms with Gasteiger partial charge in [-0.25, -0.2) is 0 Å². The third kappa shape index (κ3) is 12.0. The second-order valence-electron chi connectivity index (χ2n) is 7.83. The maximum atomic E-state index is 11.3. The first kappa shape index (κ1) is 30.5. The lowest BCUT2D eigenvalue weighted by Crippen LogP contribution is -2.42. The van der Waals surface area contributed by atoms with E-state index in [1.54, 1.807) is 24.3 Å². The number of esters is 4. The van der Waals surface area contributed by atoms with E-state index in [-0.39, 0.29) is 26.4 Å². The Kier molecular flexibility index (Phi) is 13.0. The minimum atomic E-state index is -0.779. The first-order valence-corrected chi connectivity index (χ1v) is 11.6. The molecule has 2 aliphatic rings. The van der Waals surface area contributed by atoms with Crippen molar-refractivity contribution in [3.05, 3.63) is 24.3 Å². The predicted octanol–water partition coefficient (Wildman–Crippen LogP) is 0.578. The first-order chi connectivity index (χ1) is 18.1. The summed E-state index contributed by atoms with van der Waals surface area (Å²) < 4.78 is 42.5. The Labute approximate surface area is 220 Å².